The minimum Gasteiger partial charge on any atom is -0.497 e. The molecule has 3 aromatic rings. The molecule has 190 valence electrons. The van der Waals surface area contributed by atoms with E-state index in [1.807, 2.05) is 25.1 Å². The largest absolute Gasteiger partial charge is 0.497 e. The number of carbonyl (C=O) groups excluding carboxylic acids is 1. The maximum atomic E-state index is 13.4. The number of rotatable bonds is 6. The number of ether oxygens (including phenoxy) is 1. The van der Waals surface area contributed by atoms with Crippen molar-refractivity contribution in [3.8, 4) is 17.0 Å². The average Bonchev–Trinajstić information content (AvgIpc) is 3.10. The Morgan fingerprint density at radius 2 is 1.92 bits per heavy atom. The highest BCUT2D eigenvalue weighted by molar-refractivity contribution is 7.90. The molecular weight excluding hydrogens is 478 g/mol. The fourth-order valence-electron chi connectivity index (χ4n) is 4.75. The lowest BCUT2D eigenvalue weighted by Gasteiger charge is -2.34. The predicted molar refractivity (Wildman–Crippen MR) is 139 cm³/mol. The number of hydrogen-bond donors (Lipinski definition) is 2. The van der Waals surface area contributed by atoms with Gasteiger partial charge in [0.05, 0.1) is 18.4 Å². The zero-order valence-corrected chi connectivity index (χ0v) is 21.9. The number of sulfonamides is 1. The highest BCUT2D eigenvalue weighted by atomic mass is 32.2. The minimum absolute atomic E-state index is 0.0403. The van der Waals surface area contributed by atoms with Gasteiger partial charge in [-0.1, -0.05) is 19.1 Å². The lowest BCUT2D eigenvalue weighted by molar-refractivity contribution is 0.0981. The first-order valence-corrected chi connectivity index (χ1v) is 13.1. The second-order valence-corrected chi connectivity index (χ2v) is 11.4. The standard InChI is InChI=1S/C26H31N5O4S/c1-16-14-26(3,4)31(15-16)24-19(25(32)30-36(33,34)23-8-6-7-22(27)29-23)11-12-21(28-24)20-13-18(35-5)10-9-17(20)2/h6-13,16H,14-15H2,1-5H3,(H2,27,29)(H,30,32). The average molecular weight is 510 g/mol. The number of hydrogen-bond acceptors (Lipinski definition) is 8. The Balaban J connectivity index is 1.80. The highest BCUT2D eigenvalue weighted by Crippen LogP contribution is 2.39. The van der Waals surface area contributed by atoms with Crippen molar-refractivity contribution in [2.45, 2.75) is 44.7 Å². The van der Waals surface area contributed by atoms with Crippen LogP contribution in [0.1, 0.15) is 43.1 Å². The van der Waals surface area contributed by atoms with E-state index in [0.29, 0.717) is 29.7 Å². The third kappa shape index (κ3) is 4.99. The van der Waals surface area contributed by atoms with Crippen LogP contribution in [0.2, 0.25) is 0 Å². The molecule has 0 saturated carbocycles. The van der Waals surface area contributed by atoms with Crippen molar-refractivity contribution in [1.29, 1.82) is 0 Å². The Labute approximate surface area is 211 Å². The first kappa shape index (κ1) is 25.4. The molecule has 4 rings (SSSR count). The van der Waals surface area contributed by atoms with Crippen LogP contribution in [-0.2, 0) is 10.0 Å². The topological polar surface area (TPSA) is 128 Å². The van der Waals surface area contributed by atoms with E-state index in [9.17, 15) is 13.2 Å². The fraction of sp³-hybridized carbons (Fsp3) is 0.346. The monoisotopic (exact) mass is 509 g/mol. The van der Waals surface area contributed by atoms with Crippen LogP contribution in [0.15, 0.2) is 53.6 Å². The normalized spacial score (nSPS) is 17.1. The van der Waals surface area contributed by atoms with Crippen LogP contribution in [0, 0.1) is 12.8 Å². The Kier molecular flexibility index (Phi) is 6.66. The minimum atomic E-state index is -4.24. The van der Waals surface area contributed by atoms with Crippen molar-refractivity contribution >= 4 is 27.6 Å². The number of nitrogens with two attached hydrogens (primary N) is 1. The van der Waals surface area contributed by atoms with Gasteiger partial charge in [-0.3, -0.25) is 4.79 Å². The van der Waals surface area contributed by atoms with Gasteiger partial charge in [0.25, 0.3) is 15.9 Å². The maximum absolute atomic E-state index is 13.4. The number of amides is 1. The molecule has 1 saturated heterocycles. The quantitative estimate of drug-likeness (QED) is 0.514. The van der Waals surface area contributed by atoms with Gasteiger partial charge in [-0.15, -0.1) is 0 Å². The van der Waals surface area contributed by atoms with Crippen LogP contribution < -0.4 is 20.1 Å². The summed E-state index contributed by atoms with van der Waals surface area (Å²) in [5.74, 6) is 0.749. The first-order chi connectivity index (χ1) is 16.9. The molecule has 1 aromatic carbocycles. The van der Waals surface area contributed by atoms with Crippen LogP contribution in [-0.4, -0.2) is 43.5 Å². The van der Waals surface area contributed by atoms with E-state index in [1.54, 1.807) is 19.2 Å². The van der Waals surface area contributed by atoms with Crippen molar-refractivity contribution in [1.82, 2.24) is 14.7 Å². The van der Waals surface area contributed by atoms with Crippen LogP contribution in [0.4, 0.5) is 11.6 Å². The summed E-state index contributed by atoms with van der Waals surface area (Å²) in [6.45, 7) is 9.00. The Bertz CT molecular complexity index is 1420. The smallest absolute Gasteiger partial charge is 0.281 e. The number of nitrogens with zero attached hydrogens (tertiary/aromatic N) is 3. The van der Waals surface area contributed by atoms with Crippen molar-refractivity contribution in [2.75, 3.05) is 24.3 Å². The molecule has 36 heavy (non-hydrogen) atoms. The molecular formula is C26H31N5O4S. The molecule has 1 aliphatic rings. The van der Waals surface area contributed by atoms with E-state index in [2.05, 4.69) is 35.4 Å². The van der Waals surface area contributed by atoms with Crippen molar-refractivity contribution in [2.24, 2.45) is 5.92 Å². The van der Waals surface area contributed by atoms with Crippen molar-refractivity contribution < 1.29 is 17.9 Å². The number of methoxy groups -OCH3 is 1. The summed E-state index contributed by atoms with van der Waals surface area (Å²) in [7, 11) is -2.64. The summed E-state index contributed by atoms with van der Waals surface area (Å²) < 4.78 is 33.3. The Morgan fingerprint density at radius 3 is 2.56 bits per heavy atom. The van der Waals surface area contributed by atoms with Crippen molar-refractivity contribution in [3.05, 3.63) is 59.7 Å². The molecule has 1 aliphatic heterocycles. The molecule has 1 atom stereocenters. The summed E-state index contributed by atoms with van der Waals surface area (Å²) in [5.41, 5.74) is 8.04. The molecule has 1 unspecified atom stereocenters. The summed E-state index contributed by atoms with van der Waals surface area (Å²) in [5, 5.41) is -0.330. The maximum Gasteiger partial charge on any atom is 0.281 e. The number of pyridine rings is 2. The lowest BCUT2D eigenvalue weighted by Crippen LogP contribution is -2.41. The van der Waals surface area contributed by atoms with E-state index >= 15 is 0 Å². The fourth-order valence-corrected chi connectivity index (χ4v) is 5.70. The van der Waals surface area contributed by atoms with Crippen molar-refractivity contribution in [3.63, 3.8) is 0 Å². The zero-order valence-electron chi connectivity index (χ0n) is 21.1. The number of carbonyl (C=O) groups is 1. The second-order valence-electron chi connectivity index (χ2n) is 9.82. The van der Waals surface area contributed by atoms with Gasteiger partial charge in [-0.2, -0.15) is 8.42 Å². The molecule has 0 spiro atoms. The van der Waals surface area contributed by atoms with Crippen LogP contribution in [0.25, 0.3) is 11.3 Å². The number of nitrogens with one attached hydrogen (secondary N) is 1. The Hall–Kier alpha value is -3.66. The van der Waals surface area contributed by atoms with E-state index in [4.69, 9.17) is 15.5 Å². The predicted octanol–water partition coefficient (Wildman–Crippen LogP) is 3.79. The molecule has 1 amide bonds. The van der Waals surface area contributed by atoms with Gasteiger partial charge in [0, 0.05) is 17.6 Å². The summed E-state index contributed by atoms with van der Waals surface area (Å²) in [6.07, 6.45) is 0.906. The SMILES string of the molecule is COc1ccc(C)c(-c2ccc(C(=O)NS(=O)(=O)c3cccc(N)n3)c(N3CC(C)CC3(C)C)n2)c1. The molecule has 3 N–H and O–H groups in total. The summed E-state index contributed by atoms with van der Waals surface area (Å²) in [4.78, 5) is 24.2. The van der Waals surface area contributed by atoms with Crippen LogP contribution in [0.5, 0.6) is 5.75 Å². The molecule has 3 heterocycles. The van der Waals surface area contributed by atoms with E-state index in [0.717, 1.165) is 17.5 Å². The van der Waals surface area contributed by atoms with Gasteiger partial charge >= 0.3 is 0 Å². The number of anilines is 2. The van der Waals surface area contributed by atoms with E-state index in [-0.39, 0.29) is 21.9 Å². The summed E-state index contributed by atoms with van der Waals surface area (Å²) >= 11 is 0. The first-order valence-electron chi connectivity index (χ1n) is 11.6. The molecule has 0 bridgehead atoms. The molecule has 2 aromatic heterocycles. The number of aryl methyl sites for hydroxylation is 1. The van der Waals surface area contributed by atoms with Gasteiger partial charge in [0.1, 0.15) is 17.4 Å². The molecule has 10 heteroatoms. The van der Waals surface area contributed by atoms with E-state index in [1.165, 1.54) is 18.2 Å². The lowest BCUT2D eigenvalue weighted by atomic mass is 9.97. The molecule has 9 nitrogen and oxygen atoms in total. The van der Waals surface area contributed by atoms with Crippen LogP contribution >= 0.6 is 0 Å². The van der Waals surface area contributed by atoms with Gasteiger partial charge in [-0.25, -0.2) is 14.7 Å². The van der Waals surface area contributed by atoms with Gasteiger partial charge in [0.2, 0.25) is 0 Å². The zero-order chi connectivity index (χ0) is 26.3. The van der Waals surface area contributed by atoms with Gasteiger partial charge < -0.3 is 15.4 Å². The Morgan fingerprint density at radius 1 is 1.17 bits per heavy atom. The summed E-state index contributed by atoms with van der Waals surface area (Å²) in [6, 6.07) is 13.3. The third-order valence-electron chi connectivity index (χ3n) is 6.42. The van der Waals surface area contributed by atoms with E-state index < -0.39 is 15.9 Å². The second kappa shape index (κ2) is 9.42. The molecule has 0 radical (unpaired) electrons. The number of nitrogen functional groups attached to an aromatic ring is 1. The number of aromatic nitrogens is 2. The highest BCUT2D eigenvalue weighted by Gasteiger charge is 2.39. The third-order valence-corrected chi connectivity index (χ3v) is 7.65. The van der Waals surface area contributed by atoms with Gasteiger partial charge in [-0.05, 0) is 75.1 Å². The van der Waals surface area contributed by atoms with Crippen LogP contribution in [0.3, 0.4) is 0 Å². The van der Waals surface area contributed by atoms with Gasteiger partial charge in [0.15, 0.2) is 5.03 Å². The molecule has 0 aliphatic carbocycles. The molecule has 1 fully saturated rings. The number of benzene rings is 1.